The second-order valence-electron chi connectivity index (χ2n) is 14.0. The number of aromatic nitrogens is 1. The molecule has 2 atom stereocenters. The minimum atomic E-state index is -4.57. The lowest BCUT2D eigenvalue weighted by Gasteiger charge is -2.28. The Morgan fingerprint density at radius 1 is 1.10 bits per heavy atom. The molecule has 286 valence electrons. The van der Waals surface area contributed by atoms with Crippen molar-refractivity contribution in [2.75, 3.05) is 43.2 Å². The van der Waals surface area contributed by atoms with Crippen molar-refractivity contribution in [2.45, 2.75) is 89.0 Å². The number of carbonyl (C=O) groups excluding carboxylic acids is 2. The summed E-state index contributed by atoms with van der Waals surface area (Å²) in [5.41, 5.74) is -0.300. The molecule has 16 heteroatoms. The van der Waals surface area contributed by atoms with E-state index in [0.717, 1.165) is 15.7 Å². The summed E-state index contributed by atoms with van der Waals surface area (Å²) >= 11 is 0. The molecular weight excluding hydrogens is 708 g/mol. The van der Waals surface area contributed by atoms with Gasteiger partial charge in [-0.25, -0.2) is 17.6 Å². The molecule has 3 aromatic rings. The fraction of sp³-hybridized carbons (Fsp3) is 0.500. The van der Waals surface area contributed by atoms with E-state index in [4.69, 9.17) is 9.47 Å². The summed E-state index contributed by atoms with van der Waals surface area (Å²) < 4.78 is 96.4. The smallest absolute Gasteiger partial charge is 0.415 e. The predicted molar refractivity (Wildman–Crippen MR) is 191 cm³/mol. The Labute approximate surface area is 301 Å². The second-order valence-corrected chi connectivity index (χ2v) is 16.0. The summed E-state index contributed by atoms with van der Waals surface area (Å²) in [6.45, 7) is 10.0. The van der Waals surface area contributed by atoms with Gasteiger partial charge in [-0.15, -0.1) is 0 Å². The molecular formula is C36H46F4N4O7S. The van der Waals surface area contributed by atoms with Crippen LogP contribution < -0.4 is 20.3 Å². The maximum absolute atomic E-state index is 14.5. The third-order valence-corrected chi connectivity index (χ3v) is 8.48. The molecule has 0 aliphatic carbocycles. The van der Waals surface area contributed by atoms with Gasteiger partial charge in [0.25, 0.3) is 6.47 Å². The number of piperidine rings is 1. The van der Waals surface area contributed by atoms with E-state index in [1.807, 2.05) is 20.8 Å². The van der Waals surface area contributed by atoms with Gasteiger partial charge in [0.05, 0.1) is 41.5 Å². The van der Waals surface area contributed by atoms with Crippen molar-refractivity contribution < 1.29 is 49.8 Å². The fourth-order valence-corrected chi connectivity index (χ4v) is 5.71. The molecule has 0 saturated carbocycles. The number of hydrogen-bond donors (Lipinski definition) is 2. The summed E-state index contributed by atoms with van der Waals surface area (Å²) in [6, 6.07) is 9.75. The molecule has 2 heterocycles. The molecule has 0 unspecified atom stereocenters. The highest BCUT2D eigenvalue weighted by Crippen LogP contribution is 2.33. The summed E-state index contributed by atoms with van der Waals surface area (Å²) in [5.74, 6) is 5.61. The van der Waals surface area contributed by atoms with E-state index in [1.165, 1.54) is 37.4 Å². The van der Waals surface area contributed by atoms with Crippen LogP contribution in [0.2, 0.25) is 0 Å². The van der Waals surface area contributed by atoms with Crippen molar-refractivity contribution in [3.8, 4) is 17.6 Å². The highest BCUT2D eigenvalue weighted by molar-refractivity contribution is 7.90. The molecule has 2 N–H and O–H groups in total. The van der Waals surface area contributed by atoms with Crippen molar-refractivity contribution in [3.63, 3.8) is 0 Å². The zero-order chi connectivity index (χ0) is 39.1. The molecule has 1 aromatic heterocycles. The molecule has 0 spiro atoms. The SMILES string of the molecule is CC(C)(C)OC=O.COc1cc(S(C)(=O)=O)ccc1N(CC#Cc1cc2c(N[C@@H]3CCNC[C@@H]3F)cccc2n1CC(F)(F)F)C(=O)OC(C)(C)C. The van der Waals surface area contributed by atoms with E-state index in [-0.39, 0.29) is 46.2 Å². The number of methoxy groups -OCH3 is 1. The van der Waals surface area contributed by atoms with Crippen LogP contribution in [0.25, 0.3) is 10.9 Å². The van der Waals surface area contributed by atoms with Crippen molar-refractivity contribution in [1.82, 2.24) is 9.88 Å². The molecule has 4 rings (SSSR count). The Morgan fingerprint density at radius 3 is 2.33 bits per heavy atom. The first-order valence-corrected chi connectivity index (χ1v) is 18.2. The highest BCUT2D eigenvalue weighted by Gasteiger charge is 2.31. The summed E-state index contributed by atoms with van der Waals surface area (Å²) in [6.07, 6.45) is -5.04. The molecule has 1 fully saturated rings. The number of fused-ring (bicyclic) bond motifs is 1. The Kier molecular flexibility index (Phi) is 13.6. The number of halogens is 4. The number of nitrogens with zero attached hydrogens (tertiary/aromatic N) is 2. The third kappa shape index (κ3) is 12.3. The zero-order valence-corrected chi connectivity index (χ0v) is 31.3. The number of rotatable bonds is 8. The van der Waals surface area contributed by atoms with Crippen LogP contribution >= 0.6 is 0 Å². The van der Waals surface area contributed by atoms with Gasteiger partial charge in [0, 0.05) is 29.9 Å². The van der Waals surface area contributed by atoms with Gasteiger partial charge in [-0.2, -0.15) is 13.2 Å². The van der Waals surface area contributed by atoms with Gasteiger partial charge in [-0.3, -0.25) is 9.69 Å². The largest absolute Gasteiger partial charge is 0.495 e. The van der Waals surface area contributed by atoms with Crippen LogP contribution in [0, 0.1) is 11.8 Å². The van der Waals surface area contributed by atoms with Crippen molar-refractivity contribution in [1.29, 1.82) is 0 Å². The first-order chi connectivity index (χ1) is 24.0. The van der Waals surface area contributed by atoms with Crippen LogP contribution in [-0.2, 0) is 30.7 Å². The molecule has 1 amide bonds. The number of hydrogen-bond acceptors (Lipinski definition) is 9. The Morgan fingerprint density at radius 2 is 1.79 bits per heavy atom. The van der Waals surface area contributed by atoms with E-state index < -0.39 is 46.5 Å². The monoisotopic (exact) mass is 754 g/mol. The van der Waals surface area contributed by atoms with Gasteiger partial charge >= 0.3 is 12.3 Å². The van der Waals surface area contributed by atoms with Crippen molar-refractivity contribution in [2.24, 2.45) is 0 Å². The third-order valence-electron chi connectivity index (χ3n) is 7.37. The van der Waals surface area contributed by atoms with Crippen LogP contribution in [0.15, 0.2) is 47.4 Å². The van der Waals surface area contributed by atoms with Crippen LogP contribution in [0.1, 0.15) is 53.7 Å². The van der Waals surface area contributed by atoms with E-state index >= 15 is 0 Å². The predicted octanol–water partition coefficient (Wildman–Crippen LogP) is 6.48. The van der Waals surface area contributed by atoms with Crippen LogP contribution in [0.4, 0.5) is 33.7 Å². The number of nitrogens with one attached hydrogen (secondary N) is 2. The van der Waals surface area contributed by atoms with Crippen LogP contribution in [-0.4, -0.2) is 88.1 Å². The van der Waals surface area contributed by atoms with Crippen molar-refractivity contribution in [3.05, 3.63) is 48.2 Å². The van der Waals surface area contributed by atoms with E-state index in [1.54, 1.807) is 32.9 Å². The highest BCUT2D eigenvalue weighted by atomic mass is 32.2. The number of sulfone groups is 1. The lowest BCUT2D eigenvalue weighted by Crippen LogP contribution is -2.45. The fourth-order valence-electron chi connectivity index (χ4n) is 5.08. The first kappa shape index (κ1) is 41.9. The molecule has 0 radical (unpaired) electrons. The van der Waals surface area contributed by atoms with Crippen molar-refractivity contribution >= 4 is 44.7 Å². The maximum atomic E-state index is 14.5. The van der Waals surface area contributed by atoms with E-state index in [9.17, 15) is 35.6 Å². The van der Waals surface area contributed by atoms with Gasteiger partial charge in [0.1, 0.15) is 29.7 Å². The molecule has 1 aliphatic heterocycles. The van der Waals surface area contributed by atoms with Gasteiger partial charge < -0.3 is 29.4 Å². The standard InChI is InChI=1S/C31H36F4N4O5S.C5H10O2/c1-30(2,3)44-29(40)38(27-12-11-21(45(5,41)42)17-28(27)43-4)15-7-8-20-16-22-24(37-25-13-14-36-18-23(25)32)9-6-10-26(22)39(20)19-31(33,34)35;1-5(2,3)7-4-6/h6,9-12,16-17,23,25,36-37H,13-15,18-19H2,1-5H3;4H,1-3H3/t23-,25+;/m0./s1. The number of ether oxygens (including phenoxy) is 3. The van der Waals surface area contributed by atoms with Gasteiger partial charge in [-0.1, -0.05) is 12.0 Å². The number of carbonyl (C=O) groups is 2. The zero-order valence-electron chi connectivity index (χ0n) is 30.5. The topological polar surface area (TPSA) is 128 Å². The number of alkyl halides is 4. The summed E-state index contributed by atoms with van der Waals surface area (Å²) in [7, 11) is -2.29. The Hall–Kier alpha value is -4.49. The molecule has 52 heavy (non-hydrogen) atoms. The number of anilines is 2. The average molecular weight is 755 g/mol. The molecule has 2 aromatic carbocycles. The quantitative estimate of drug-likeness (QED) is 0.151. The van der Waals surface area contributed by atoms with E-state index in [2.05, 4.69) is 27.2 Å². The molecule has 11 nitrogen and oxygen atoms in total. The van der Waals surface area contributed by atoms with Crippen LogP contribution in [0.3, 0.4) is 0 Å². The number of amides is 1. The Balaban J connectivity index is 0.000000944. The number of benzene rings is 2. The minimum absolute atomic E-state index is 0.0298. The first-order valence-electron chi connectivity index (χ1n) is 16.3. The molecule has 0 bridgehead atoms. The Bertz CT molecular complexity index is 1890. The van der Waals surface area contributed by atoms with Gasteiger partial charge in [0.2, 0.25) is 0 Å². The second kappa shape index (κ2) is 16.9. The lowest BCUT2D eigenvalue weighted by molar-refractivity contribution is -0.140. The molecule has 1 aliphatic rings. The lowest BCUT2D eigenvalue weighted by atomic mass is 10.0. The summed E-state index contributed by atoms with van der Waals surface area (Å²) in [4.78, 5) is 23.9. The molecule has 1 saturated heterocycles. The average Bonchev–Trinajstić information content (AvgIpc) is 3.35. The maximum Gasteiger partial charge on any atom is 0.415 e. The van der Waals surface area contributed by atoms with Crippen LogP contribution in [0.5, 0.6) is 5.75 Å². The normalized spacial score (nSPS) is 16.5. The minimum Gasteiger partial charge on any atom is -0.495 e. The van der Waals surface area contributed by atoms with Gasteiger partial charge in [-0.05, 0) is 90.8 Å². The van der Waals surface area contributed by atoms with E-state index in [0.29, 0.717) is 30.5 Å². The van der Waals surface area contributed by atoms with Gasteiger partial charge in [0.15, 0.2) is 9.84 Å². The summed E-state index contributed by atoms with van der Waals surface area (Å²) in [5, 5.41) is 6.57.